The van der Waals surface area contributed by atoms with Crippen LogP contribution in [-0.4, -0.2) is 24.7 Å². The topological polar surface area (TPSA) is 75.2 Å². The van der Waals surface area contributed by atoms with Crippen molar-refractivity contribution in [3.63, 3.8) is 0 Å². The highest BCUT2D eigenvalue weighted by molar-refractivity contribution is 7.92. The van der Waals surface area contributed by atoms with E-state index in [0.29, 0.717) is 5.82 Å². The lowest BCUT2D eigenvalue weighted by atomic mass is 10.1. The number of rotatable bonds is 4. The normalized spacial score (nSPS) is 16.1. The van der Waals surface area contributed by atoms with Gasteiger partial charge in [-0.15, -0.1) is 10.2 Å². The first-order valence-corrected chi connectivity index (χ1v) is 10.6. The Balaban J connectivity index is 1.58. The first-order valence-electron chi connectivity index (χ1n) is 9.16. The molecule has 1 N–H and O–H groups in total. The Bertz CT molecular complexity index is 1130. The van der Waals surface area contributed by atoms with Crippen molar-refractivity contribution in [1.82, 2.24) is 10.2 Å². The van der Waals surface area contributed by atoms with Crippen LogP contribution >= 0.6 is 0 Å². The van der Waals surface area contributed by atoms with Crippen LogP contribution in [0, 0.1) is 13.8 Å². The van der Waals surface area contributed by atoms with E-state index in [-0.39, 0.29) is 16.8 Å². The maximum atomic E-state index is 12.6. The molecule has 0 amide bonds. The summed E-state index contributed by atoms with van der Waals surface area (Å²) in [5.74, 6) is 0.897. The maximum Gasteiger partial charge on any atom is 0.263 e. The van der Waals surface area contributed by atoms with Gasteiger partial charge in [-0.1, -0.05) is 24.3 Å². The van der Waals surface area contributed by atoms with Crippen LogP contribution in [0.4, 0.5) is 17.3 Å². The molecule has 0 spiro atoms. The molecule has 2 aromatic carbocycles. The smallest absolute Gasteiger partial charge is 0.263 e. The molecule has 1 unspecified atom stereocenters. The van der Waals surface area contributed by atoms with Crippen LogP contribution in [0.2, 0.25) is 0 Å². The fourth-order valence-corrected chi connectivity index (χ4v) is 4.58. The molecule has 0 bridgehead atoms. The standard InChI is InChI=1S/C21H22N4O2S/c1-14-8-9-18(12-15(14)2)28(26,27)24-20-10-11-21(23-22-20)25-16(3)13-17-6-4-5-7-19(17)25/h4-12,16H,13H2,1-3H3,(H,22,24). The molecule has 0 saturated heterocycles. The third-order valence-electron chi connectivity index (χ3n) is 5.13. The van der Waals surface area contributed by atoms with Crippen molar-refractivity contribution in [3.8, 4) is 0 Å². The fraction of sp³-hybridized carbons (Fsp3) is 0.238. The van der Waals surface area contributed by atoms with E-state index in [1.54, 1.807) is 30.3 Å². The molecule has 0 fully saturated rings. The third kappa shape index (κ3) is 3.33. The molecule has 0 aliphatic carbocycles. The van der Waals surface area contributed by atoms with E-state index in [2.05, 4.69) is 38.9 Å². The van der Waals surface area contributed by atoms with Gasteiger partial charge >= 0.3 is 0 Å². The number of sulfonamides is 1. The lowest BCUT2D eigenvalue weighted by Crippen LogP contribution is -2.25. The molecule has 0 saturated carbocycles. The number of nitrogens with one attached hydrogen (secondary N) is 1. The second-order valence-electron chi connectivity index (χ2n) is 7.18. The van der Waals surface area contributed by atoms with E-state index >= 15 is 0 Å². The first kappa shape index (κ1) is 18.4. The van der Waals surface area contributed by atoms with Gasteiger partial charge in [-0.25, -0.2) is 8.42 Å². The van der Waals surface area contributed by atoms with Crippen molar-refractivity contribution in [3.05, 3.63) is 71.3 Å². The summed E-state index contributed by atoms with van der Waals surface area (Å²) in [5.41, 5.74) is 4.36. The Hall–Kier alpha value is -2.93. The van der Waals surface area contributed by atoms with Gasteiger partial charge in [0.25, 0.3) is 10.0 Å². The van der Waals surface area contributed by atoms with Gasteiger partial charge in [-0.3, -0.25) is 4.72 Å². The number of aryl methyl sites for hydroxylation is 2. The zero-order chi connectivity index (χ0) is 19.9. The van der Waals surface area contributed by atoms with Crippen LogP contribution in [0.1, 0.15) is 23.6 Å². The summed E-state index contributed by atoms with van der Waals surface area (Å²) in [6, 6.07) is 17.0. The number of hydrogen-bond acceptors (Lipinski definition) is 5. The van der Waals surface area contributed by atoms with Gasteiger partial charge in [0.15, 0.2) is 11.6 Å². The van der Waals surface area contributed by atoms with E-state index in [1.807, 2.05) is 26.0 Å². The molecule has 3 aromatic rings. The number of nitrogens with zero attached hydrogens (tertiary/aromatic N) is 3. The van der Waals surface area contributed by atoms with Crippen molar-refractivity contribution < 1.29 is 8.42 Å². The number of hydrogen-bond donors (Lipinski definition) is 1. The molecular weight excluding hydrogens is 372 g/mol. The van der Waals surface area contributed by atoms with Gasteiger partial charge in [0.1, 0.15) is 0 Å². The molecule has 2 heterocycles. The quantitative estimate of drug-likeness (QED) is 0.724. The molecule has 1 aliphatic rings. The molecule has 144 valence electrons. The average Bonchev–Trinajstić information content (AvgIpc) is 3.00. The van der Waals surface area contributed by atoms with Crippen molar-refractivity contribution >= 4 is 27.3 Å². The summed E-state index contributed by atoms with van der Waals surface area (Å²) in [6.45, 7) is 5.97. The van der Waals surface area contributed by atoms with Gasteiger partial charge in [0, 0.05) is 11.7 Å². The highest BCUT2D eigenvalue weighted by Crippen LogP contribution is 2.37. The van der Waals surface area contributed by atoms with Crippen LogP contribution in [-0.2, 0) is 16.4 Å². The van der Waals surface area contributed by atoms with Gasteiger partial charge < -0.3 is 4.90 Å². The van der Waals surface area contributed by atoms with Crippen LogP contribution in [0.3, 0.4) is 0 Å². The van der Waals surface area contributed by atoms with Crippen LogP contribution < -0.4 is 9.62 Å². The van der Waals surface area contributed by atoms with Gasteiger partial charge in [0.05, 0.1) is 4.90 Å². The van der Waals surface area contributed by atoms with Crippen LogP contribution in [0.15, 0.2) is 59.5 Å². The number of anilines is 3. The van der Waals surface area contributed by atoms with Crippen LogP contribution in [0.5, 0.6) is 0 Å². The second-order valence-corrected chi connectivity index (χ2v) is 8.86. The highest BCUT2D eigenvalue weighted by Gasteiger charge is 2.28. The lowest BCUT2D eigenvalue weighted by molar-refractivity contribution is 0.600. The Labute approximate surface area is 165 Å². The zero-order valence-electron chi connectivity index (χ0n) is 16.0. The third-order valence-corrected chi connectivity index (χ3v) is 6.48. The molecule has 28 heavy (non-hydrogen) atoms. The molecule has 1 atom stereocenters. The largest absolute Gasteiger partial charge is 0.321 e. The summed E-state index contributed by atoms with van der Waals surface area (Å²) < 4.78 is 27.8. The number of para-hydroxylation sites is 1. The van der Waals surface area contributed by atoms with Gasteiger partial charge in [-0.2, -0.15) is 0 Å². The maximum absolute atomic E-state index is 12.6. The molecule has 6 nitrogen and oxygen atoms in total. The second kappa shape index (κ2) is 6.91. The van der Waals surface area contributed by atoms with Crippen molar-refractivity contribution in [1.29, 1.82) is 0 Å². The van der Waals surface area contributed by atoms with E-state index in [9.17, 15) is 8.42 Å². The Kier molecular flexibility index (Phi) is 4.55. The minimum absolute atomic E-state index is 0.196. The lowest BCUT2D eigenvalue weighted by Gasteiger charge is -2.23. The molecular formula is C21H22N4O2S. The fourth-order valence-electron chi connectivity index (χ4n) is 3.50. The molecule has 1 aliphatic heterocycles. The van der Waals surface area contributed by atoms with E-state index in [4.69, 9.17) is 0 Å². The van der Waals surface area contributed by atoms with E-state index < -0.39 is 10.0 Å². The molecule has 7 heteroatoms. The zero-order valence-corrected chi connectivity index (χ0v) is 16.9. The Morgan fingerprint density at radius 3 is 2.50 bits per heavy atom. The minimum Gasteiger partial charge on any atom is -0.321 e. The van der Waals surface area contributed by atoms with E-state index in [1.165, 1.54) is 5.56 Å². The van der Waals surface area contributed by atoms with Crippen LogP contribution in [0.25, 0.3) is 0 Å². The Morgan fingerprint density at radius 1 is 1.00 bits per heavy atom. The van der Waals surface area contributed by atoms with Crippen molar-refractivity contribution in [2.24, 2.45) is 0 Å². The van der Waals surface area contributed by atoms with E-state index in [0.717, 1.165) is 23.2 Å². The van der Waals surface area contributed by atoms with Gasteiger partial charge in [0.2, 0.25) is 0 Å². The number of fused-ring (bicyclic) bond motifs is 1. The summed E-state index contributed by atoms with van der Waals surface area (Å²) in [6.07, 6.45) is 0.943. The summed E-state index contributed by atoms with van der Waals surface area (Å²) in [5, 5.41) is 8.37. The van der Waals surface area contributed by atoms with Crippen molar-refractivity contribution in [2.75, 3.05) is 9.62 Å². The predicted molar refractivity (Wildman–Crippen MR) is 111 cm³/mol. The predicted octanol–water partition coefficient (Wildman–Crippen LogP) is 3.98. The highest BCUT2D eigenvalue weighted by atomic mass is 32.2. The summed E-state index contributed by atoms with van der Waals surface area (Å²) in [4.78, 5) is 2.34. The number of benzene rings is 2. The summed E-state index contributed by atoms with van der Waals surface area (Å²) >= 11 is 0. The summed E-state index contributed by atoms with van der Waals surface area (Å²) in [7, 11) is -3.71. The van der Waals surface area contributed by atoms with Gasteiger partial charge in [-0.05, 0) is 74.2 Å². The average molecular weight is 395 g/mol. The first-order chi connectivity index (χ1) is 13.3. The molecule has 1 aromatic heterocycles. The molecule has 4 rings (SSSR count). The molecule has 0 radical (unpaired) electrons. The van der Waals surface area contributed by atoms with Crippen molar-refractivity contribution in [2.45, 2.75) is 38.1 Å². The Morgan fingerprint density at radius 2 is 1.79 bits per heavy atom. The number of aromatic nitrogens is 2. The SMILES string of the molecule is Cc1ccc(S(=O)(=O)Nc2ccc(N3c4ccccc4CC3C)nn2)cc1C. The monoisotopic (exact) mass is 394 g/mol. The minimum atomic E-state index is -3.71.